The van der Waals surface area contributed by atoms with Crippen LogP contribution in [0.3, 0.4) is 0 Å². The van der Waals surface area contributed by atoms with Gasteiger partial charge in [0, 0.05) is 71.3 Å². The molecule has 0 aromatic carbocycles. The van der Waals surface area contributed by atoms with Gasteiger partial charge in [0.1, 0.15) is 26.4 Å². The Morgan fingerprint density at radius 2 is 0.825 bits per heavy atom. The van der Waals surface area contributed by atoms with Crippen molar-refractivity contribution in [2.45, 2.75) is 194 Å². The molecule has 0 radical (unpaired) electrons. The molecular weight excluding hydrogens is 811 g/mol. The number of aryl methyl sites for hydroxylation is 1. The zero-order valence-electron chi connectivity index (χ0n) is 39.9. The zero-order chi connectivity index (χ0) is 45.9. The van der Waals surface area contributed by atoms with Crippen LogP contribution in [0.25, 0.3) is 0 Å². The molecule has 0 fully saturated rings. The first-order chi connectivity index (χ1) is 30.8. The molecule has 63 heavy (non-hydrogen) atoms. The number of hydrogen-bond donors (Lipinski definition) is 0. The van der Waals surface area contributed by atoms with Crippen molar-refractivity contribution >= 4 is 23.9 Å². The van der Waals surface area contributed by atoms with Gasteiger partial charge in [-0.3, -0.25) is 19.2 Å². The van der Waals surface area contributed by atoms with Gasteiger partial charge in [-0.15, -0.1) is 0 Å². The van der Waals surface area contributed by atoms with Crippen molar-refractivity contribution < 1.29 is 57.1 Å². The average Bonchev–Trinajstić information content (AvgIpc) is 3.81. The highest BCUT2D eigenvalue weighted by Gasteiger charge is 2.17. The van der Waals surface area contributed by atoms with E-state index in [4.69, 9.17) is 37.9 Å². The number of hydrogen-bond acceptors (Lipinski definition) is 14. The number of rotatable bonds is 46. The van der Waals surface area contributed by atoms with Crippen molar-refractivity contribution in [2.24, 2.45) is 0 Å². The lowest BCUT2D eigenvalue weighted by Gasteiger charge is -2.21. The summed E-state index contributed by atoms with van der Waals surface area (Å²) in [5.74, 6) is -1.64. The van der Waals surface area contributed by atoms with Crippen LogP contribution in [0.2, 0.25) is 0 Å². The Kier molecular flexibility index (Phi) is 39.4. The monoisotopic (exact) mass is 898 g/mol. The summed E-state index contributed by atoms with van der Waals surface area (Å²) in [6.45, 7) is 13.0. The first-order valence-corrected chi connectivity index (χ1v) is 24.6. The van der Waals surface area contributed by atoms with Crippen LogP contribution in [0.5, 0.6) is 0 Å². The molecule has 1 heterocycles. The third-order valence-electron chi connectivity index (χ3n) is 10.3. The van der Waals surface area contributed by atoms with E-state index in [1.54, 1.807) is 12.5 Å². The van der Waals surface area contributed by atoms with E-state index >= 15 is 0 Å². The van der Waals surface area contributed by atoms with E-state index in [9.17, 15) is 19.2 Å². The molecule has 15 heteroatoms. The van der Waals surface area contributed by atoms with Gasteiger partial charge in [0.05, 0.1) is 32.0 Å². The molecule has 1 rings (SSSR count). The minimum absolute atomic E-state index is 0.0392. The van der Waals surface area contributed by atoms with Crippen LogP contribution in [0.1, 0.15) is 175 Å². The first kappa shape index (κ1) is 57.9. The van der Waals surface area contributed by atoms with Crippen molar-refractivity contribution in [3.63, 3.8) is 0 Å². The van der Waals surface area contributed by atoms with Crippen LogP contribution in [-0.2, 0) is 63.6 Å². The van der Waals surface area contributed by atoms with Gasteiger partial charge in [-0.2, -0.15) is 0 Å². The molecule has 0 atom stereocenters. The van der Waals surface area contributed by atoms with Gasteiger partial charge >= 0.3 is 23.9 Å². The Morgan fingerprint density at radius 3 is 1.16 bits per heavy atom. The number of carbonyl (C=O) groups is 4. The maximum absolute atomic E-state index is 12.6. The molecule has 0 unspecified atom stereocenters. The molecule has 1 aromatic rings. The SMILES string of the molecule is CCCCCCOC(CCC(=O)OCCOC(=O)CCN(CCCn1ccnc1)CCC(=O)OCCOC(=O)CCC(OCCCCCC)OCCCCCC)OCCCCCC. The molecule has 0 aliphatic rings. The lowest BCUT2D eigenvalue weighted by atomic mass is 10.2. The Bertz CT molecular complexity index is 1120. The van der Waals surface area contributed by atoms with Crippen molar-refractivity contribution in [1.82, 2.24) is 14.5 Å². The van der Waals surface area contributed by atoms with E-state index in [-0.39, 0.29) is 52.1 Å². The van der Waals surface area contributed by atoms with Crippen molar-refractivity contribution in [1.29, 1.82) is 0 Å². The topological polar surface area (TPSA) is 163 Å². The lowest BCUT2D eigenvalue weighted by molar-refractivity contribution is -0.161. The standard InChI is InChI=1S/C48H87N3O12/c1-5-9-13-17-34-60-47(61-35-18-14-10-6-2)24-22-43(52)56-38-40-58-45(54)26-31-50(29-21-30-51-33-28-49-42-51)32-27-46(55)59-41-39-57-44(53)23-25-48(62-36-19-15-11-7-3)63-37-20-16-12-8-4/h28,33,42,47-48H,5-27,29-32,34-41H2,1-4H3. The summed E-state index contributed by atoms with van der Waals surface area (Å²) in [5.41, 5.74) is 0. The normalized spacial score (nSPS) is 11.5. The molecule has 0 bridgehead atoms. The maximum Gasteiger partial charge on any atom is 0.307 e. The number of nitrogens with zero attached hydrogens (tertiary/aromatic N) is 3. The minimum Gasteiger partial charge on any atom is -0.462 e. The molecule has 366 valence electrons. The molecule has 15 nitrogen and oxygen atoms in total. The number of ether oxygens (including phenoxy) is 8. The second kappa shape index (κ2) is 42.8. The fraction of sp³-hybridized carbons (Fsp3) is 0.854. The molecule has 0 saturated heterocycles. The van der Waals surface area contributed by atoms with Crippen LogP contribution >= 0.6 is 0 Å². The second-order valence-corrected chi connectivity index (χ2v) is 16.0. The van der Waals surface area contributed by atoms with Crippen LogP contribution in [0.15, 0.2) is 18.7 Å². The number of unbranched alkanes of at least 4 members (excludes halogenated alkanes) is 12. The number of aromatic nitrogens is 2. The van der Waals surface area contributed by atoms with Crippen molar-refractivity contribution in [3.05, 3.63) is 18.7 Å². The third kappa shape index (κ3) is 36.9. The highest BCUT2D eigenvalue weighted by Crippen LogP contribution is 2.12. The van der Waals surface area contributed by atoms with E-state index in [1.165, 1.54) is 25.7 Å². The Labute approximate surface area is 380 Å². The van der Waals surface area contributed by atoms with Gasteiger partial charge in [0.2, 0.25) is 0 Å². The first-order valence-electron chi connectivity index (χ1n) is 24.6. The molecule has 0 N–H and O–H groups in total. The third-order valence-corrected chi connectivity index (χ3v) is 10.3. The Morgan fingerprint density at radius 1 is 0.460 bits per heavy atom. The molecule has 0 spiro atoms. The van der Waals surface area contributed by atoms with E-state index in [1.807, 2.05) is 15.7 Å². The van der Waals surface area contributed by atoms with E-state index < -0.39 is 36.5 Å². The van der Waals surface area contributed by atoms with Crippen LogP contribution < -0.4 is 0 Å². The Balaban J connectivity index is 2.42. The molecule has 0 aliphatic heterocycles. The lowest BCUT2D eigenvalue weighted by Crippen LogP contribution is -2.31. The molecule has 0 saturated carbocycles. The largest absolute Gasteiger partial charge is 0.462 e. The quantitative estimate of drug-likeness (QED) is 0.0263. The van der Waals surface area contributed by atoms with Crippen LogP contribution in [0, 0.1) is 0 Å². The summed E-state index contributed by atoms with van der Waals surface area (Å²) in [4.78, 5) is 56.3. The van der Waals surface area contributed by atoms with Gasteiger partial charge in [0.15, 0.2) is 12.6 Å². The smallest absolute Gasteiger partial charge is 0.307 e. The van der Waals surface area contributed by atoms with E-state index in [0.717, 1.165) is 90.0 Å². The molecule has 0 aliphatic carbocycles. The van der Waals surface area contributed by atoms with E-state index in [0.29, 0.717) is 58.9 Å². The van der Waals surface area contributed by atoms with Gasteiger partial charge in [-0.1, -0.05) is 105 Å². The highest BCUT2D eigenvalue weighted by molar-refractivity contribution is 5.71. The minimum atomic E-state index is -0.447. The maximum atomic E-state index is 12.6. The average molecular weight is 898 g/mol. The van der Waals surface area contributed by atoms with Crippen molar-refractivity contribution in [3.8, 4) is 0 Å². The summed E-state index contributed by atoms with van der Waals surface area (Å²) < 4.78 is 47.1. The second-order valence-electron chi connectivity index (χ2n) is 16.0. The molecule has 1 aromatic heterocycles. The highest BCUT2D eigenvalue weighted by atomic mass is 16.7. The summed E-state index contributed by atoms with van der Waals surface area (Å²) in [7, 11) is 0. The van der Waals surface area contributed by atoms with E-state index in [2.05, 4.69) is 32.7 Å². The molecular formula is C48H87N3O12. The zero-order valence-corrected chi connectivity index (χ0v) is 39.9. The number of esters is 4. The fourth-order valence-electron chi connectivity index (χ4n) is 6.52. The fourth-order valence-corrected chi connectivity index (χ4v) is 6.52. The van der Waals surface area contributed by atoms with Crippen LogP contribution in [0.4, 0.5) is 0 Å². The van der Waals surface area contributed by atoms with Crippen LogP contribution in [-0.4, -0.2) is 123 Å². The number of imidazole rings is 1. The van der Waals surface area contributed by atoms with Gasteiger partial charge in [-0.05, 0) is 38.6 Å². The number of carbonyl (C=O) groups excluding carboxylic acids is 4. The van der Waals surface area contributed by atoms with Crippen molar-refractivity contribution in [2.75, 3.05) is 72.5 Å². The molecule has 0 amide bonds. The predicted octanol–water partition coefficient (Wildman–Crippen LogP) is 9.13. The van der Waals surface area contributed by atoms with Gasteiger partial charge in [0.25, 0.3) is 0 Å². The summed E-state index contributed by atoms with van der Waals surface area (Å²) in [5, 5.41) is 0. The summed E-state index contributed by atoms with van der Waals surface area (Å²) >= 11 is 0. The Hall–Kier alpha value is -3.11. The summed E-state index contributed by atoms with van der Waals surface area (Å²) in [6, 6.07) is 0. The van der Waals surface area contributed by atoms with Gasteiger partial charge < -0.3 is 47.4 Å². The predicted molar refractivity (Wildman–Crippen MR) is 243 cm³/mol. The summed E-state index contributed by atoms with van der Waals surface area (Å²) in [6.07, 6.45) is 24.1. The van der Waals surface area contributed by atoms with Gasteiger partial charge in [-0.25, -0.2) is 4.98 Å².